The van der Waals surface area contributed by atoms with Crippen LogP contribution in [0.2, 0.25) is 0 Å². The van der Waals surface area contributed by atoms with Gasteiger partial charge >= 0.3 is 0 Å². The summed E-state index contributed by atoms with van der Waals surface area (Å²) in [4.78, 5) is 32.4. The monoisotopic (exact) mass is 437 g/mol. The van der Waals surface area contributed by atoms with E-state index in [1.807, 2.05) is 29.6 Å². The third-order valence-corrected chi connectivity index (χ3v) is 5.89. The van der Waals surface area contributed by atoms with Gasteiger partial charge in [0.2, 0.25) is 5.91 Å². The maximum absolute atomic E-state index is 13.3. The van der Waals surface area contributed by atoms with Crippen LogP contribution in [0.3, 0.4) is 0 Å². The van der Waals surface area contributed by atoms with Crippen LogP contribution in [0.4, 0.5) is 4.39 Å². The SMILES string of the molecule is COc1cccc(CN(C)C(=O)Cn2cnc3scc(-c4ccc(F)cc4)c3c2=O)c1. The fourth-order valence-corrected chi connectivity index (χ4v) is 4.23. The number of amides is 1. The molecule has 2 heterocycles. The van der Waals surface area contributed by atoms with Crippen LogP contribution in [-0.2, 0) is 17.9 Å². The lowest BCUT2D eigenvalue weighted by atomic mass is 10.1. The molecule has 2 aromatic carbocycles. The molecule has 6 nitrogen and oxygen atoms in total. The minimum atomic E-state index is -0.344. The zero-order chi connectivity index (χ0) is 22.0. The molecule has 0 N–H and O–H groups in total. The summed E-state index contributed by atoms with van der Waals surface area (Å²) < 4.78 is 19.8. The average molecular weight is 437 g/mol. The number of likely N-dealkylation sites (N-methyl/N-ethyl adjacent to an activating group) is 1. The van der Waals surface area contributed by atoms with Crippen LogP contribution in [0.25, 0.3) is 21.3 Å². The van der Waals surface area contributed by atoms with E-state index in [0.717, 1.165) is 16.9 Å². The van der Waals surface area contributed by atoms with Gasteiger partial charge in [-0.05, 0) is 35.4 Å². The number of carbonyl (C=O) groups is 1. The first-order valence-electron chi connectivity index (χ1n) is 9.55. The van der Waals surface area contributed by atoms with Crippen molar-refractivity contribution in [3.8, 4) is 16.9 Å². The Hall–Kier alpha value is -3.52. The maximum Gasteiger partial charge on any atom is 0.263 e. The van der Waals surface area contributed by atoms with E-state index in [1.165, 1.54) is 34.4 Å². The fourth-order valence-electron chi connectivity index (χ4n) is 3.32. The Balaban J connectivity index is 1.58. The van der Waals surface area contributed by atoms with Crippen molar-refractivity contribution in [3.05, 3.63) is 82.0 Å². The van der Waals surface area contributed by atoms with E-state index in [2.05, 4.69) is 4.98 Å². The Bertz CT molecular complexity index is 1300. The lowest BCUT2D eigenvalue weighted by molar-refractivity contribution is -0.131. The summed E-state index contributed by atoms with van der Waals surface area (Å²) in [7, 11) is 3.28. The number of halogens is 1. The molecule has 158 valence electrons. The van der Waals surface area contributed by atoms with Crippen LogP contribution in [-0.4, -0.2) is 34.5 Å². The topological polar surface area (TPSA) is 64.4 Å². The fraction of sp³-hybridized carbons (Fsp3) is 0.174. The van der Waals surface area contributed by atoms with E-state index < -0.39 is 0 Å². The summed E-state index contributed by atoms with van der Waals surface area (Å²) in [6.45, 7) is 0.265. The number of hydrogen-bond donors (Lipinski definition) is 0. The second kappa shape index (κ2) is 8.69. The molecule has 0 atom stereocenters. The van der Waals surface area contributed by atoms with Crippen molar-refractivity contribution in [1.82, 2.24) is 14.5 Å². The molecule has 0 radical (unpaired) electrons. The summed E-state index contributed by atoms with van der Waals surface area (Å²) in [6, 6.07) is 13.4. The Morgan fingerprint density at radius 3 is 2.74 bits per heavy atom. The Morgan fingerprint density at radius 1 is 1.23 bits per heavy atom. The molecule has 31 heavy (non-hydrogen) atoms. The molecule has 0 fully saturated rings. The van der Waals surface area contributed by atoms with Crippen molar-refractivity contribution in [2.45, 2.75) is 13.1 Å². The van der Waals surface area contributed by atoms with Gasteiger partial charge < -0.3 is 9.64 Å². The van der Waals surface area contributed by atoms with Crippen LogP contribution >= 0.6 is 11.3 Å². The molecule has 4 rings (SSSR count). The van der Waals surface area contributed by atoms with Crippen LogP contribution in [0.5, 0.6) is 5.75 Å². The van der Waals surface area contributed by atoms with E-state index in [1.54, 1.807) is 31.2 Å². The molecule has 0 bridgehead atoms. The molecule has 0 spiro atoms. The van der Waals surface area contributed by atoms with Gasteiger partial charge in [-0.25, -0.2) is 9.37 Å². The van der Waals surface area contributed by atoms with Crippen molar-refractivity contribution in [1.29, 1.82) is 0 Å². The van der Waals surface area contributed by atoms with Crippen LogP contribution in [0.15, 0.2) is 65.0 Å². The molecule has 0 saturated carbocycles. The lowest BCUT2D eigenvalue weighted by Crippen LogP contribution is -2.33. The standard InChI is InChI=1S/C23H20FN3O3S/c1-26(11-15-4-3-5-18(10-15)30-2)20(28)12-27-14-25-22-21(23(27)29)19(13-31-22)16-6-8-17(24)9-7-16/h3-10,13-14H,11-12H2,1-2H3. The van der Waals surface area contributed by atoms with E-state index in [9.17, 15) is 14.0 Å². The number of rotatable bonds is 6. The highest BCUT2D eigenvalue weighted by Crippen LogP contribution is 2.30. The molecular weight excluding hydrogens is 417 g/mol. The molecule has 1 amide bonds. The molecule has 0 unspecified atom stereocenters. The third kappa shape index (κ3) is 4.34. The largest absolute Gasteiger partial charge is 0.497 e. The van der Waals surface area contributed by atoms with Crippen molar-refractivity contribution < 1.29 is 13.9 Å². The second-order valence-corrected chi connectivity index (χ2v) is 7.97. The summed E-state index contributed by atoms with van der Waals surface area (Å²) in [5, 5.41) is 2.26. The molecule has 2 aromatic heterocycles. The van der Waals surface area contributed by atoms with Gasteiger partial charge in [-0.3, -0.25) is 14.2 Å². The summed E-state index contributed by atoms with van der Waals surface area (Å²) in [6.07, 6.45) is 1.40. The zero-order valence-electron chi connectivity index (χ0n) is 17.0. The molecule has 0 aliphatic carbocycles. The van der Waals surface area contributed by atoms with Gasteiger partial charge in [0.15, 0.2) is 0 Å². The van der Waals surface area contributed by atoms with Gasteiger partial charge in [-0.15, -0.1) is 11.3 Å². The number of fused-ring (bicyclic) bond motifs is 1. The van der Waals surface area contributed by atoms with Gasteiger partial charge in [-0.2, -0.15) is 0 Å². The molecule has 0 aliphatic rings. The maximum atomic E-state index is 13.3. The highest BCUT2D eigenvalue weighted by Gasteiger charge is 2.16. The number of thiophene rings is 1. The van der Waals surface area contributed by atoms with Gasteiger partial charge in [0.25, 0.3) is 5.56 Å². The average Bonchev–Trinajstić information content (AvgIpc) is 3.21. The molecule has 0 aliphatic heterocycles. The van der Waals surface area contributed by atoms with Crippen LogP contribution in [0.1, 0.15) is 5.56 Å². The minimum Gasteiger partial charge on any atom is -0.497 e. The Labute approximate surface area is 182 Å². The minimum absolute atomic E-state index is 0.124. The molecule has 0 saturated heterocycles. The number of hydrogen-bond acceptors (Lipinski definition) is 5. The predicted octanol–water partition coefficient (Wildman–Crippen LogP) is 3.93. The van der Waals surface area contributed by atoms with E-state index in [4.69, 9.17) is 4.74 Å². The number of carbonyl (C=O) groups excluding carboxylic acids is 1. The summed E-state index contributed by atoms with van der Waals surface area (Å²) in [5.74, 6) is 0.156. The quantitative estimate of drug-likeness (QED) is 0.459. The normalized spacial score (nSPS) is 10.9. The van der Waals surface area contributed by atoms with Crippen molar-refractivity contribution in [2.24, 2.45) is 0 Å². The van der Waals surface area contributed by atoms with Crippen LogP contribution in [0, 0.1) is 5.82 Å². The third-order valence-electron chi connectivity index (χ3n) is 5.00. The number of nitrogens with zero attached hydrogens (tertiary/aromatic N) is 3. The van der Waals surface area contributed by atoms with Crippen molar-refractivity contribution in [2.75, 3.05) is 14.2 Å². The van der Waals surface area contributed by atoms with Gasteiger partial charge in [0.1, 0.15) is 22.9 Å². The highest BCUT2D eigenvalue weighted by atomic mass is 32.1. The van der Waals surface area contributed by atoms with Gasteiger partial charge in [0.05, 0.1) is 18.8 Å². The van der Waals surface area contributed by atoms with E-state index >= 15 is 0 Å². The number of aromatic nitrogens is 2. The van der Waals surface area contributed by atoms with Gasteiger partial charge in [-0.1, -0.05) is 24.3 Å². The Kier molecular flexibility index (Phi) is 5.81. The first kappa shape index (κ1) is 20.7. The first-order chi connectivity index (χ1) is 15.0. The second-order valence-electron chi connectivity index (χ2n) is 7.12. The zero-order valence-corrected chi connectivity index (χ0v) is 17.9. The Morgan fingerprint density at radius 2 is 2.00 bits per heavy atom. The summed E-state index contributed by atoms with van der Waals surface area (Å²) >= 11 is 1.34. The summed E-state index contributed by atoms with van der Waals surface area (Å²) in [5.41, 5.74) is 2.04. The van der Waals surface area contributed by atoms with E-state index in [0.29, 0.717) is 22.3 Å². The van der Waals surface area contributed by atoms with Crippen molar-refractivity contribution >= 4 is 27.5 Å². The number of benzene rings is 2. The molecule has 8 heteroatoms. The first-order valence-corrected chi connectivity index (χ1v) is 10.4. The predicted molar refractivity (Wildman–Crippen MR) is 119 cm³/mol. The van der Waals surface area contributed by atoms with E-state index in [-0.39, 0.29) is 23.8 Å². The number of ether oxygens (including phenoxy) is 1. The lowest BCUT2D eigenvalue weighted by Gasteiger charge is -2.18. The molecule has 4 aromatic rings. The molecular formula is C23H20FN3O3S. The van der Waals surface area contributed by atoms with Gasteiger partial charge in [0, 0.05) is 24.5 Å². The van der Waals surface area contributed by atoms with Crippen molar-refractivity contribution in [3.63, 3.8) is 0 Å². The number of methoxy groups -OCH3 is 1. The highest BCUT2D eigenvalue weighted by molar-refractivity contribution is 7.17. The van der Waals surface area contributed by atoms with Crippen LogP contribution < -0.4 is 10.3 Å². The smallest absolute Gasteiger partial charge is 0.263 e.